The number of aromatic nitrogens is 2. The quantitative estimate of drug-likeness (QED) is 0.793. The summed E-state index contributed by atoms with van der Waals surface area (Å²) < 4.78 is 15.7. The number of hydrogen-bond acceptors (Lipinski definition) is 2. The average molecular weight is 289 g/mol. The second-order valence-electron chi connectivity index (χ2n) is 5.40. The largest absolute Gasteiger partial charge is 0.316 e. The first-order chi connectivity index (χ1) is 10.1. The van der Waals surface area contributed by atoms with Gasteiger partial charge >= 0.3 is 0 Å². The molecule has 3 nitrogen and oxygen atoms in total. The zero-order chi connectivity index (χ0) is 15.2. The van der Waals surface area contributed by atoms with E-state index < -0.39 is 0 Å². The fourth-order valence-corrected chi connectivity index (χ4v) is 2.55. The smallest absolute Gasteiger partial charge is 0.128 e. The number of halogens is 1. The van der Waals surface area contributed by atoms with Crippen molar-refractivity contribution in [1.82, 2.24) is 15.1 Å². The molecule has 0 saturated heterocycles. The van der Waals surface area contributed by atoms with Gasteiger partial charge in [0.2, 0.25) is 0 Å². The van der Waals surface area contributed by atoms with Gasteiger partial charge < -0.3 is 5.32 Å². The van der Waals surface area contributed by atoms with E-state index in [2.05, 4.69) is 24.3 Å². The molecule has 0 unspecified atom stereocenters. The van der Waals surface area contributed by atoms with Crippen molar-refractivity contribution in [2.24, 2.45) is 0 Å². The first-order valence-electron chi connectivity index (χ1n) is 7.60. The van der Waals surface area contributed by atoms with E-state index >= 15 is 0 Å². The topological polar surface area (TPSA) is 29.9 Å². The van der Waals surface area contributed by atoms with Crippen molar-refractivity contribution >= 4 is 0 Å². The van der Waals surface area contributed by atoms with E-state index in [-0.39, 0.29) is 5.82 Å². The van der Waals surface area contributed by atoms with E-state index in [1.807, 2.05) is 23.7 Å². The molecule has 0 amide bonds. The number of nitrogens with one attached hydrogen (secondary N) is 1. The molecule has 4 heteroatoms. The van der Waals surface area contributed by atoms with Gasteiger partial charge in [0.25, 0.3) is 0 Å². The van der Waals surface area contributed by atoms with Crippen molar-refractivity contribution in [2.75, 3.05) is 13.1 Å². The van der Waals surface area contributed by atoms with Gasteiger partial charge in [0.05, 0.1) is 12.2 Å². The third-order valence-corrected chi connectivity index (χ3v) is 3.79. The Labute approximate surface area is 126 Å². The Kier molecular flexibility index (Phi) is 5.51. The van der Waals surface area contributed by atoms with E-state index in [9.17, 15) is 4.39 Å². The first-order valence-corrected chi connectivity index (χ1v) is 7.60. The standard InChI is InChI=1S/C17H24FN3/c1-4-10-19-11-9-16-13(2)20-21(14(16)3)12-15-7-5-6-8-17(15)18/h5-8,19H,4,9-12H2,1-3H3. The van der Waals surface area contributed by atoms with Crippen LogP contribution in [0.5, 0.6) is 0 Å². The molecule has 1 aromatic carbocycles. The Balaban J connectivity index is 2.10. The van der Waals surface area contributed by atoms with Crippen LogP contribution in [0, 0.1) is 19.7 Å². The fourth-order valence-electron chi connectivity index (χ4n) is 2.55. The number of benzene rings is 1. The molecule has 0 atom stereocenters. The highest BCUT2D eigenvalue weighted by atomic mass is 19.1. The minimum Gasteiger partial charge on any atom is -0.316 e. The molecule has 2 rings (SSSR count). The molecule has 1 heterocycles. The van der Waals surface area contributed by atoms with E-state index in [0.717, 1.165) is 37.3 Å². The first kappa shape index (κ1) is 15.7. The van der Waals surface area contributed by atoms with Crippen LogP contribution >= 0.6 is 0 Å². The van der Waals surface area contributed by atoms with Gasteiger partial charge in [0.1, 0.15) is 5.82 Å². The Bertz CT molecular complexity index is 590. The second kappa shape index (κ2) is 7.36. The van der Waals surface area contributed by atoms with Crippen LogP contribution in [0.25, 0.3) is 0 Å². The lowest BCUT2D eigenvalue weighted by atomic mass is 10.1. The van der Waals surface area contributed by atoms with Crippen LogP contribution < -0.4 is 5.32 Å². The molecule has 0 radical (unpaired) electrons. The van der Waals surface area contributed by atoms with Crippen molar-refractivity contribution in [2.45, 2.75) is 40.2 Å². The summed E-state index contributed by atoms with van der Waals surface area (Å²) in [6.45, 7) is 8.75. The molecular weight excluding hydrogens is 265 g/mol. The monoisotopic (exact) mass is 289 g/mol. The average Bonchev–Trinajstić information content (AvgIpc) is 2.73. The highest BCUT2D eigenvalue weighted by molar-refractivity contribution is 5.26. The zero-order valence-corrected chi connectivity index (χ0v) is 13.1. The van der Waals surface area contributed by atoms with E-state index in [1.165, 1.54) is 11.6 Å². The highest BCUT2D eigenvalue weighted by Crippen LogP contribution is 2.16. The van der Waals surface area contributed by atoms with Gasteiger partial charge in [-0.1, -0.05) is 25.1 Å². The van der Waals surface area contributed by atoms with Gasteiger partial charge in [-0.25, -0.2) is 4.39 Å². The maximum absolute atomic E-state index is 13.8. The third kappa shape index (κ3) is 3.91. The number of aryl methyl sites for hydroxylation is 1. The van der Waals surface area contributed by atoms with Crippen molar-refractivity contribution in [1.29, 1.82) is 0 Å². The lowest BCUT2D eigenvalue weighted by molar-refractivity contribution is 0.578. The summed E-state index contributed by atoms with van der Waals surface area (Å²) in [5, 5.41) is 7.98. The molecule has 2 aromatic rings. The summed E-state index contributed by atoms with van der Waals surface area (Å²) >= 11 is 0. The molecule has 0 saturated carbocycles. The van der Waals surface area contributed by atoms with Crippen LogP contribution in [0.15, 0.2) is 24.3 Å². The zero-order valence-electron chi connectivity index (χ0n) is 13.1. The van der Waals surface area contributed by atoms with E-state index in [1.54, 1.807) is 6.07 Å². The van der Waals surface area contributed by atoms with Crippen molar-refractivity contribution < 1.29 is 4.39 Å². The van der Waals surface area contributed by atoms with Gasteiger partial charge in [-0.15, -0.1) is 0 Å². The van der Waals surface area contributed by atoms with E-state index in [0.29, 0.717) is 12.1 Å². The summed E-state index contributed by atoms with van der Waals surface area (Å²) in [5.41, 5.74) is 4.13. The molecule has 0 spiro atoms. The third-order valence-electron chi connectivity index (χ3n) is 3.79. The maximum Gasteiger partial charge on any atom is 0.128 e. The SMILES string of the molecule is CCCNCCc1c(C)nn(Cc2ccccc2F)c1C. The molecule has 1 N–H and O–H groups in total. The van der Waals surface area contributed by atoms with Crippen molar-refractivity contribution in [3.05, 3.63) is 52.6 Å². The normalized spacial score (nSPS) is 11.0. The highest BCUT2D eigenvalue weighted by Gasteiger charge is 2.12. The molecule has 1 aromatic heterocycles. The van der Waals surface area contributed by atoms with Gasteiger partial charge in [-0.3, -0.25) is 4.68 Å². The van der Waals surface area contributed by atoms with Crippen LogP contribution in [0.3, 0.4) is 0 Å². The second-order valence-corrected chi connectivity index (χ2v) is 5.40. The van der Waals surface area contributed by atoms with Gasteiger partial charge in [-0.2, -0.15) is 5.10 Å². The van der Waals surface area contributed by atoms with Crippen LogP contribution in [0.1, 0.15) is 35.9 Å². The molecular formula is C17H24FN3. The minimum atomic E-state index is -0.170. The predicted molar refractivity (Wildman–Crippen MR) is 84.1 cm³/mol. The fraction of sp³-hybridized carbons (Fsp3) is 0.471. The summed E-state index contributed by atoms with van der Waals surface area (Å²) in [6, 6.07) is 6.88. The Hall–Kier alpha value is -1.68. The summed E-state index contributed by atoms with van der Waals surface area (Å²) in [4.78, 5) is 0. The molecule has 0 fully saturated rings. The van der Waals surface area contributed by atoms with Gasteiger partial charge in [0.15, 0.2) is 0 Å². The summed E-state index contributed by atoms with van der Waals surface area (Å²) in [7, 11) is 0. The number of nitrogens with zero attached hydrogens (tertiary/aromatic N) is 2. The minimum absolute atomic E-state index is 0.170. The van der Waals surface area contributed by atoms with Crippen LogP contribution in [0.4, 0.5) is 4.39 Å². The number of hydrogen-bond donors (Lipinski definition) is 1. The lowest BCUT2D eigenvalue weighted by Gasteiger charge is -2.07. The summed E-state index contributed by atoms with van der Waals surface area (Å²) in [5.74, 6) is -0.170. The van der Waals surface area contributed by atoms with Gasteiger partial charge in [0, 0.05) is 11.3 Å². The maximum atomic E-state index is 13.8. The lowest BCUT2D eigenvalue weighted by Crippen LogP contribution is -2.18. The molecule has 0 aliphatic carbocycles. The molecule has 21 heavy (non-hydrogen) atoms. The summed E-state index contributed by atoms with van der Waals surface area (Å²) in [6.07, 6.45) is 2.11. The molecule has 0 aliphatic heterocycles. The Morgan fingerprint density at radius 1 is 1.19 bits per heavy atom. The van der Waals surface area contributed by atoms with Crippen LogP contribution in [0.2, 0.25) is 0 Å². The Morgan fingerprint density at radius 3 is 2.67 bits per heavy atom. The predicted octanol–water partition coefficient (Wildman–Crippen LogP) is 3.23. The molecule has 0 bridgehead atoms. The number of rotatable bonds is 7. The Morgan fingerprint density at radius 2 is 1.95 bits per heavy atom. The molecule has 0 aliphatic rings. The van der Waals surface area contributed by atoms with Crippen molar-refractivity contribution in [3.63, 3.8) is 0 Å². The van der Waals surface area contributed by atoms with Crippen molar-refractivity contribution in [3.8, 4) is 0 Å². The van der Waals surface area contributed by atoms with Gasteiger partial charge in [-0.05, 0) is 51.4 Å². The van der Waals surface area contributed by atoms with Crippen LogP contribution in [-0.4, -0.2) is 22.9 Å². The molecule has 114 valence electrons. The van der Waals surface area contributed by atoms with E-state index in [4.69, 9.17) is 0 Å². The van der Waals surface area contributed by atoms with Crippen LogP contribution in [-0.2, 0) is 13.0 Å².